The molecule has 3 nitrogen and oxygen atoms in total. The molecule has 1 amide bonds. The van der Waals surface area contributed by atoms with Gasteiger partial charge in [-0.05, 0) is 41.8 Å². The Morgan fingerprint density at radius 2 is 1.91 bits per heavy atom. The summed E-state index contributed by atoms with van der Waals surface area (Å²) in [5, 5.41) is 3.05. The van der Waals surface area contributed by atoms with Crippen LogP contribution in [-0.4, -0.2) is 10.9 Å². The van der Waals surface area contributed by atoms with E-state index < -0.39 is 17.5 Å². The molecule has 0 saturated heterocycles. The fourth-order valence-corrected chi connectivity index (χ4v) is 3.07. The second-order valence-electron chi connectivity index (χ2n) is 5.48. The van der Waals surface area contributed by atoms with E-state index in [1.807, 2.05) is 18.2 Å². The largest absolute Gasteiger partial charge is 0.298 e. The molecule has 0 aliphatic carbocycles. The number of aromatic nitrogens is 1. The molecule has 0 unspecified atom stereocenters. The minimum absolute atomic E-state index is 0.0472. The van der Waals surface area contributed by atoms with Gasteiger partial charge < -0.3 is 0 Å². The summed E-state index contributed by atoms with van der Waals surface area (Å²) in [6, 6.07) is 9.00. The number of halogens is 2. The third-order valence-corrected chi connectivity index (χ3v) is 4.42. The van der Waals surface area contributed by atoms with Crippen molar-refractivity contribution in [3.63, 3.8) is 0 Å². The van der Waals surface area contributed by atoms with Crippen LogP contribution in [0, 0.1) is 11.6 Å². The normalized spacial score (nSPS) is 11.2. The molecule has 0 fully saturated rings. The minimum Gasteiger partial charge on any atom is -0.298 e. The summed E-state index contributed by atoms with van der Waals surface area (Å²) in [5.41, 5.74) is 2.03. The molecule has 0 radical (unpaired) electrons. The predicted molar refractivity (Wildman–Crippen MR) is 88.0 cm³/mol. The van der Waals surface area contributed by atoms with Crippen LogP contribution >= 0.6 is 11.3 Å². The van der Waals surface area contributed by atoms with Gasteiger partial charge in [-0.2, -0.15) is 0 Å². The highest BCUT2D eigenvalue weighted by molar-refractivity contribution is 7.22. The van der Waals surface area contributed by atoms with E-state index in [4.69, 9.17) is 0 Å². The molecular formula is C17H14F2N2OS. The predicted octanol–water partition coefficient (Wildman–Crippen LogP) is 4.95. The Morgan fingerprint density at radius 1 is 1.13 bits per heavy atom. The zero-order valence-electron chi connectivity index (χ0n) is 12.6. The van der Waals surface area contributed by atoms with Crippen molar-refractivity contribution in [1.29, 1.82) is 0 Å². The first-order chi connectivity index (χ1) is 10.9. The molecule has 23 heavy (non-hydrogen) atoms. The van der Waals surface area contributed by atoms with Crippen molar-refractivity contribution < 1.29 is 13.6 Å². The fraction of sp³-hybridized carbons (Fsp3) is 0.176. The molecule has 0 aliphatic rings. The number of carbonyl (C=O) groups is 1. The Hall–Kier alpha value is -2.34. The van der Waals surface area contributed by atoms with Gasteiger partial charge in [0.1, 0.15) is 0 Å². The van der Waals surface area contributed by atoms with Crippen LogP contribution in [0.3, 0.4) is 0 Å². The second kappa shape index (κ2) is 6.04. The summed E-state index contributed by atoms with van der Waals surface area (Å²) in [4.78, 5) is 16.4. The van der Waals surface area contributed by atoms with E-state index in [9.17, 15) is 13.6 Å². The van der Waals surface area contributed by atoms with Gasteiger partial charge in [0.25, 0.3) is 5.91 Å². The van der Waals surface area contributed by atoms with Crippen LogP contribution in [0.1, 0.15) is 35.7 Å². The topological polar surface area (TPSA) is 42.0 Å². The van der Waals surface area contributed by atoms with Crippen molar-refractivity contribution in [2.24, 2.45) is 0 Å². The number of amides is 1. The summed E-state index contributed by atoms with van der Waals surface area (Å²) < 4.78 is 27.1. The maximum atomic E-state index is 13.2. The monoisotopic (exact) mass is 332 g/mol. The lowest BCUT2D eigenvalue weighted by atomic mass is 10.0. The molecule has 0 spiro atoms. The van der Waals surface area contributed by atoms with Crippen molar-refractivity contribution in [3.8, 4) is 0 Å². The van der Waals surface area contributed by atoms with E-state index >= 15 is 0 Å². The molecule has 2 aromatic carbocycles. The third-order valence-electron chi connectivity index (χ3n) is 3.48. The summed E-state index contributed by atoms with van der Waals surface area (Å²) in [6.45, 7) is 4.21. The van der Waals surface area contributed by atoms with E-state index in [-0.39, 0.29) is 5.56 Å². The Balaban J connectivity index is 1.85. The number of nitrogens with one attached hydrogen (secondary N) is 1. The highest BCUT2D eigenvalue weighted by Crippen LogP contribution is 2.29. The molecule has 3 rings (SSSR count). The standard InChI is InChI=1S/C17H14F2N2OS/c1-9(2)10-4-6-14-15(8-10)23-17(20-14)21-16(22)11-3-5-12(18)13(19)7-11/h3-9H,1-2H3,(H,20,21,22). The lowest BCUT2D eigenvalue weighted by Gasteiger charge is -2.03. The van der Waals surface area contributed by atoms with Crippen molar-refractivity contribution >= 4 is 32.6 Å². The lowest BCUT2D eigenvalue weighted by Crippen LogP contribution is -2.12. The van der Waals surface area contributed by atoms with Gasteiger partial charge in [0, 0.05) is 5.56 Å². The Kier molecular flexibility index (Phi) is 4.09. The molecule has 3 aromatic rings. The van der Waals surface area contributed by atoms with Gasteiger partial charge >= 0.3 is 0 Å². The molecule has 1 heterocycles. The Labute approximate surface area is 136 Å². The van der Waals surface area contributed by atoms with Crippen molar-refractivity contribution in [2.45, 2.75) is 19.8 Å². The summed E-state index contributed by atoms with van der Waals surface area (Å²) in [6.07, 6.45) is 0. The summed E-state index contributed by atoms with van der Waals surface area (Å²) in [7, 11) is 0. The molecule has 118 valence electrons. The Bertz CT molecular complexity index is 889. The minimum atomic E-state index is -1.05. The number of fused-ring (bicyclic) bond motifs is 1. The van der Waals surface area contributed by atoms with Gasteiger partial charge in [-0.1, -0.05) is 31.3 Å². The zero-order valence-corrected chi connectivity index (χ0v) is 13.4. The van der Waals surface area contributed by atoms with E-state index in [2.05, 4.69) is 24.1 Å². The average Bonchev–Trinajstić information content (AvgIpc) is 2.90. The van der Waals surface area contributed by atoms with Gasteiger partial charge in [0.05, 0.1) is 10.2 Å². The molecule has 6 heteroatoms. The molecule has 1 aromatic heterocycles. The highest BCUT2D eigenvalue weighted by Gasteiger charge is 2.13. The van der Waals surface area contributed by atoms with Crippen LogP contribution in [0.2, 0.25) is 0 Å². The number of hydrogen-bond donors (Lipinski definition) is 1. The van der Waals surface area contributed by atoms with Crippen LogP contribution in [0.15, 0.2) is 36.4 Å². The second-order valence-corrected chi connectivity index (χ2v) is 6.51. The van der Waals surface area contributed by atoms with Crippen LogP contribution in [-0.2, 0) is 0 Å². The van der Waals surface area contributed by atoms with Crippen molar-refractivity contribution in [1.82, 2.24) is 4.98 Å². The first-order valence-corrected chi connectivity index (χ1v) is 7.92. The van der Waals surface area contributed by atoms with Crippen molar-refractivity contribution in [3.05, 3.63) is 59.2 Å². The van der Waals surface area contributed by atoms with Gasteiger partial charge in [-0.25, -0.2) is 13.8 Å². The molecule has 1 N–H and O–H groups in total. The smallest absolute Gasteiger partial charge is 0.257 e. The molecule has 0 saturated carbocycles. The average molecular weight is 332 g/mol. The van der Waals surface area contributed by atoms with E-state index in [1.165, 1.54) is 23.0 Å². The van der Waals surface area contributed by atoms with Gasteiger partial charge in [-0.15, -0.1) is 0 Å². The van der Waals surface area contributed by atoms with E-state index in [0.29, 0.717) is 11.0 Å². The summed E-state index contributed by atoms with van der Waals surface area (Å²) in [5.74, 6) is -2.15. The van der Waals surface area contributed by atoms with Gasteiger partial charge in [0.15, 0.2) is 16.8 Å². The summed E-state index contributed by atoms with van der Waals surface area (Å²) >= 11 is 1.35. The number of benzene rings is 2. The maximum Gasteiger partial charge on any atom is 0.257 e. The lowest BCUT2D eigenvalue weighted by molar-refractivity contribution is 0.102. The number of rotatable bonds is 3. The van der Waals surface area contributed by atoms with Crippen molar-refractivity contribution in [2.75, 3.05) is 5.32 Å². The highest BCUT2D eigenvalue weighted by atomic mass is 32.1. The molecular weight excluding hydrogens is 318 g/mol. The number of carbonyl (C=O) groups excluding carboxylic acids is 1. The van der Waals surface area contributed by atoms with Crippen LogP contribution in [0.5, 0.6) is 0 Å². The van der Waals surface area contributed by atoms with E-state index in [1.54, 1.807) is 0 Å². The van der Waals surface area contributed by atoms with Gasteiger partial charge in [-0.3, -0.25) is 10.1 Å². The molecule has 0 bridgehead atoms. The number of hydrogen-bond acceptors (Lipinski definition) is 3. The first-order valence-electron chi connectivity index (χ1n) is 7.11. The van der Waals surface area contributed by atoms with E-state index in [0.717, 1.165) is 22.3 Å². The quantitative estimate of drug-likeness (QED) is 0.737. The third kappa shape index (κ3) is 3.22. The van der Waals surface area contributed by atoms with Gasteiger partial charge in [0.2, 0.25) is 0 Å². The molecule has 0 aliphatic heterocycles. The number of thiazole rings is 1. The number of nitrogens with zero attached hydrogens (tertiary/aromatic N) is 1. The first kappa shape index (κ1) is 15.6. The SMILES string of the molecule is CC(C)c1ccc2nc(NC(=O)c3ccc(F)c(F)c3)sc2c1. The van der Waals surface area contributed by atoms with Crippen LogP contribution < -0.4 is 5.32 Å². The fourth-order valence-electron chi connectivity index (χ4n) is 2.16. The Morgan fingerprint density at radius 3 is 2.61 bits per heavy atom. The van der Waals surface area contributed by atoms with Crippen LogP contribution in [0.4, 0.5) is 13.9 Å². The number of anilines is 1. The maximum absolute atomic E-state index is 13.2. The van der Waals surface area contributed by atoms with Crippen LogP contribution in [0.25, 0.3) is 10.2 Å². The molecule has 0 atom stereocenters. The zero-order chi connectivity index (χ0) is 16.6.